The van der Waals surface area contributed by atoms with Crippen LogP contribution in [0.5, 0.6) is 5.75 Å². The summed E-state index contributed by atoms with van der Waals surface area (Å²) in [6.07, 6.45) is 2.15. The lowest BCUT2D eigenvalue weighted by atomic mass is 10.0. The Morgan fingerprint density at radius 2 is 2.32 bits per heavy atom. The molecule has 0 fully saturated rings. The van der Waals surface area contributed by atoms with E-state index in [4.69, 9.17) is 10.5 Å². The highest BCUT2D eigenvalue weighted by atomic mass is 16.5. The highest BCUT2D eigenvalue weighted by molar-refractivity contribution is 6.02. The molecule has 2 heterocycles. The number of Topliss-reactive ketones (excluding diaryl/α,β-unsaturated/α-hetero) is 1. The number of ketones is 1. The highest BCUT2D eigenvalue weighted by Crippen LogP contribution is 2.33. The first-order valence-electron chi connectivity index (χ1n) is 6.78. The van der Waals surface area contributed by atoms with Gasteiger partial charge in [0, 0.05) is 23.7 Å². The number of nitrogens with two attached hydrogens (primary N) is 1. The van der Waals surface area contributed by atoms with Crippen LogP contribution in [0.2, 0.25) is 0 Å². The summed E-state index contributed by atoms with van der Waals surface area (Å²) in [5.41, 5.74) is 9.65. The molecular weight excluding hydrogens is 240 g/mol. The molecule has 0 atom stereocenters. The second-order valence-electron chi connectivity index (χ2n) is 4.90. The van der Waals surface area contributed by atoms with Gasteiger partial charge in [0.2, 0.25) is 0 Å². The predicted octanol–water partition coefficient (Wildman–Crippen LogP) is 2.20. The maximum absolute atomic E-state index is 12.0. The number of fused-ring (bicyclic) bond motifs is 2. The maximum Gasteiger partial charge on any atom is 0.179 e. The van der Waals surface area contributed by atoms with Crippen molar-refractivity contribution in [3.8, 4) is 5.75 Å². The third-order valence-electron chi connectivity index (χ3n) is 3.71. The van der Waals surface area contributed by atoms with Gasteiger partial charge < -0.3 is 15.5 Å². The molecule has 0 unspecified atom stereocenters. The largest absolute Gasteiger partial charge is 0.493 e. The summed E-state index contributed by atoms with van der Waals surface area (Å²) in [6, 6.07) is 4.15. The number of hydrogen-bond acceptors (Lipinski definition) is 3. The van der Waals surface area contributed by atoms with Crippen LogP contribution in [0.25, 0.3) is 10.9 Å². The topological polar surface area (TPSA) is 68.1 Å². The molecule has 3 N–H and O–H groups in total. The van der Waals surface area contributed by atoms with Crippen LogP contribution in [0, 0.1) is 0 Å². The summed E-state index contributed by atoms with van der Waals surface area (Å²) in [5, 5.41) is 1.07. The zero-order chi connectivity index (χ0) is 13.4. The minimum absolute atomic E-state index is 0.140. The summed E-state index contributed by atoms with van der Waals surface area (Å²) >= 11 is 0. The number of aromatic amines is 1. The summed E-state index contributed by atoms with van der Waals surface area (Å²) in [5.74, 6) is 1.08. The van der Waals surface area contributed by atoms with E-state index in [-0.39, 0.29) is 5.78 Å². The number of aromatic nitrogens is 1. The van der Waals surface area contributed by atoms with Crippen molar-refractivity contribution in [2.45, 2.75) is 26.2 Å². The molecule has 0 spiro atoms. The fourth-order valence-electron chi connectivity index (χ4n) is 2.74. The maximum atomic E-state index is 12.0. The van der Waals surface area contributed by atoms with Gasteiger partial charge in [-0.15, -0.1) is 0 Å². The molecule has 2 aromatic rings. The van der Waals surface area contributed by atoms with Crippen molar-refractivity contribution in [1.82, 2.24) is 4.98 Å². The van der Waals surface area contributed by atoms with Gasteiger partial charge in [0.1, 0.15) is 5.75 Å². The van der Waals surface area contributed by atoms with Crippen LogP contribution >= 0.6 is 0 Å². The number of ether oxygens (including phenoxy) is 1. The number of H-pyrrole nitrogens is 1. The lowest BCUT2D eigenvalue weighted by molar-refractivity contribution is 0.0983. The fraction of sp³-hybridized carbons (Fsp3) is 0.400. The molecule has 1 aliphatic heterocycles. The Bertz CT molecular complexity index is 643. The highest BCUT2D eigenvalue weighted by Gasteiger charge is 2.20. The van der Waals surface area contributed by atoms with E-state index in [1.165, 1.54) is 5.56 Å². The van der Waals surface area contributed by atoms with E-state index in [0.717, 1.165) is 35.2 Å². The van der Waals surface area contributed by atoms with Crippen molar-refractivity contribution in [3.63, 3.8) is 0 Å². The monoisotopic (exact) mass is 258 g/mol. The van der Waals surface area contributed by atoms with E-state index in [2.05, 4.69) is 11.1 Å². The lowest BCUT2D eigenvalue weighted by Crippen LogP contribution is -2.07. The van der Waals surface area contributed by atoms with Crippen molar-refractivity contribution >= 4 is 16.7 Å². The number of rotatable bonds is 4. The molecule has 1 aromatic carbocycles. The predicted molar refractivity (Wildman–Crippen MR) is 74.9 cm³/mol. The molecule has 19 heavy (non-hydrogen) atoms. The van der Waals surface area contributed by atoms with E-state index >= 15 is 0 Å². The van der Waals surface area contributed by atoms with Crippen molar-refractivity contribution in [1.29, 1.82) is 0 Å². The average Bonchev–Trinajstić information content (AvgIpc) is 3.00. The summed E-state index contributed by atoms with van der Waals surface area (Å²) < 4.78 is 5.61. The van der Waals surface area contributed by atoms with Crippen molar-refractivity contribution < 1.29 is 9.53 Å². The van der Waals surface area contributed by atoms with Crippen LogP contribution in [-0.4, -0.2) is 23.9 Å². The van der Waals surface area contributed by atoms with Gasteiger partial charge in [0.05, 0.1) is 12.3 Å². The Balaban J connectivity index is 2.21. The molecule has 0 bridgehead atoms. The summed E-state index contributed by atoms with van der Waals surface area (Å²) in [4.78, 5) is 15.3. The van der Waals surface area contributed by atoms with Crippen molar-refractivity contribution in [3.05, 3.63) is 29.0 Å². The van der Waals surface area contributed by atoms with E-state index in [9.17, 15) is 4.79 Å². The third kappa shape index (κ3) is 1.92. The molecule has 100 valence electrons. The molecule has 0 radical (unpaired) electrons. The van der Waals surface area contributed by atoms with Crippen LogP contribution < -0.4 is 10.5 Å². The molecule has 3 rings (SSSR count). The molecule has 4 nitrogen and oxygen atoms in total. The first-order chi connectivity index (χ1) is 9.24. The second-order valence-corrected chi connectivity index (χ2v) is 4.90. The number of carbonyl (C=O) groups is 1. The van der Waals surface area contributed by atoms with Crippen LogP contribution in [0.4, 0.5) is 0 Å². The van der Waals surface area contributed by atoms with Crippen LogP contribution in [0.3, 0.4) is 0 Å². The fourth-order valence-corrected chi connectivity index (χ4v) is 2.74. The first-order valence-corrected chi connectivity index (χ1v) is 6.78. The zero-order valence-electron chi connectivity index (χ0n) is 11.1. The molecule has 1 aliphatic rings. The van der Waals surface area contributed by atoms with E-state index < -0.39 is 0 Å². The quantitative estimate of drug-likeness (QED) is 0.826. The van der Waals surface area contributed by atoms with E-state index in [1.54, 1.807) is 0 Å². The number of carbonyl (C=O) groups excluding carboxylic acids is 1. The van der Waals surface area contributed by atoms with E-state index in [1.807, 2.05) is 13.0 Å². The average molecular weight is 258 g/mol. The lowest BCUT2D eigenvalue weighted by Gasteiger charge is -2.02. The standard InChI is InChI=1S/C15H18N2O2/c1-2-13(18)15-10(3-5-16)11-8-14-9(4-6-19-14)7-12(11)17-15/h7-8,17H,2-6,16H2,1H3. The zero-order valence-corrected chi connectivity index (χ0v) is 11.1. The molecule has 0 aliphatic carbocycles. The minimum Gasteiger partial charge on any atom is -0.493 e. The Morgan fingerprint density at radius 1 is 1.47 bits per heavy atom. The van der Waals surface area contributed by atoms with Crippen molar-refractivity contribution in [2.24, 2.45) is 5.73 Å². The number of benzene rings is 1. The Labute approximate surface area is 111 Å². The molecule has 1 aromatic heterocycles. The van der Waals surface area contributed by atoms with Crippen LogP contribution in [0.1, 0.15) is 35.0 Å². The van der Waals surface area contributed by atoms with Gasteiger partial charge in [-0.25, -0.2) is 0 Å². The Hall–Kier alpha value is -1.81. The summed E-state index contributed by atoms with van der Waals surface area (Å²) in [6.45, 7) is 3.16. The van der Waals surface area contributed by atoms with Gasteiger partial charge in [-0.2, -0.15) is 0 Å². The number of nitrogens with one attached hydrogen (secondary N) is 1. The normalized spacial score (nSPS) is 13.6. The smallest absolute Gasteiger partial charge is 0.179 e. The van der Waals surface area contributed by atoms with Gasteiger partial charge in [-0.3, -0.25) is 4.79 Å². The van der Waals surface area contributed by atoms with E-state index in [0.29, 0.717) is 25.1 Å². The van der Waals surface area contributed by atoms with Crippen LogP contribution in [-0.2, 0) is 12.8 Å². The van der Waals surface area contributed by atoms with Gasteiger partial charge >= 0.3 is 0 Å². The second kappa shape index (κ2) is 4.70. The first kappa shape index (κ1) is 12.2. The molecule has 0 saturated heterocycles. The third-order valence-corrected chi connectivity index (χ3v) is 3.71. The van der Waals surface area contributed by atoms with Gasteiger partial charge in [-0.05, 0) is 36.2 Å². The Morgan fingerprint density at radius 3 is 3.05 bits per heavy atom. The Kier molecular flexibility index (Phi) is 3.03. The minimum atomic E-state index is 0.140. The van der Waals surface area contributed by atoms with Gasteiger partial charge in [0.15, 0.2) is 5.78 Å². The SMILES string of the molecule is CCC(=O)c1[nH]c2cc3c(cc2c1CCN)OCC3. The molecule has 0 saturated carbocycles. The molecule has 0 amide bonds. The molecular formula is C15H18N2O2. The van der Waals surface area contributed by atoms with Gasteiger partial charge in [-0.1, -0.05) is 6.92 Å². The van der Waals surface area contributed by atoms with Crippen LogP contribution in [0.15, 0.2) is 12.1 Å². The van der Waals surface area contributed by atoms with Gasteiger partial charge in [0.25, 0.3) is 0 Å². The van der Waals surface area contributed by atoms with Crippen molar-refractivity contribution in [2.75, 3.05) is 13.2 Å². The summed E-state index contributed by atoms with van der Waals surface area (Å²) in [7, 11) is 0. The number of hydrogen-bond donors (Lipinski definition) is 2. The molecule has 4 heteroatoms.